The third-order valence-corrected chi connectivity index (χ3v) is 9.17. The van der Waals surface area contributed by atoms with Crippen molar-refractivity contribution in [1.29, 1.82) is 0 Å². The van der Waals surface area contributed by atoms with E-state index in [1.165, 1.54) is 41.7 Å². The predicted octanol–water partition coefficient (Wildman–Crippen LogP) is 9.82. The van der Waals surface area contributed by atoms with Crippen LogP contribution in [0.1, 0.15) is 0 Å². The molecule has 0 saturated heterocycles. The summed E-state index contributed by atoms with van der Waals surface area (Å²) in [7, 11) is 0. The molecular weight excluding hydrogens is 533 g/mol. The zero-order valence-electron chi connectivity index (χ0n) is 22.4. The molecular formula is C37H22N4S. The highest BCUT2D eigenvalue weighted by Gasteiger charge is 2.18. The second-order valence-corrected chi connectivity index (χ2v) is 11.6. The Bertz CT molecular complexity index is 2470. The smallest absolute Gasteiger partial charge is 0.238 e. The van der Waals surface area contributed by atoms with Crippen LogP contribution in [0.4, 0.5) is 0 Å². The molecule has 0 unspecified atom stereocenters. The number of aromatic nitrogens is 4. The standard InChI is InChI=1S/C37H22N4S/c1-2-10-23(11-3-1)35-38-36(26-18-19-29-28-15-7-9-17-33(28)42-34(29)22-26)40-37(39-35)41-31-16-8-6-14-27(31)30-20-24-12-4-5-13-25(24)21-32(30)41/h1-22H. The summed E-state index contributed by atoms with van der Waals surface area (Å²) in [6, 6.07) is 46.8. The van der Waals surface area contributed by atoms with Crippen LogP contribution in [-0.2, 0) is 0 Å². The lowest BCUT2D eigenvalue weighted by atomic mass is 10.1. The number of benzene rings is 6. The van der Waals surface area contributed by atoms with Gasteiger partial charge in [-0.2, -0.15) is 9.97 Å². The number of fused-ring (bicyclic) bond motifs is 7. The molecule has 0 aliphatic heterocycles. The number of hydrogen-bond acceptors (Lipinski definition) is 4. The Balaban J connectivity index is 1.34. The summed E-state index contributed by atoms with van der Waals surface area (Å²) in [6.07, 6.45) is 0. The van der Waals surface area contributed by atoms with E-state index < -0.39 is 0 Å². The quantitative estimate of drug-likeness (QED) is 0.218. The van der Waals surface area contributed by atoms with Gasteiger partial charge in [0.15, 0.2) is 11.6 Å². The zero-order valence-corrected chi connectivity index (χ0v) is 23.2. The number of nitrogens with zero attached hydrogens (tertiary/aromatic N) is 4. The van der Waals surface area contributed by atoms with E-state index in [-0.39, 0.29) is 0 Å². The van der Waals surface area contributed by atoms with Gasteiger partial charge in [0.1, 0.15) is 0 Å². The van der Waals surface area contributed by atoms with Gasteiger partial charge in [0.2, 0.25) is 5.95 Å². The average molecular weight is 555 g/mol. The van der Waals surface area contributed by atoms with E-state index in [9.17, 15) is 0 Å². The summed E-state index contributed by atoms with van der Waals surface area (Å²) in [5.41, 5.74) is 4.07. The Morgan fingerprint density at radius 1 is 0.429 bits per heavy atom. The van der Waals surface area contributed by atoms with Crippen LogP contribution in [0.15, 0.2) is 133 Å². The van der Waals surface area contributed by atoms with E-state index in [2.05, 4.69) is 120 Å². The first-order valence-corrected chi connectivity index (χ1v) is 14.8. The highest BCUT2D eigenvalue weighted by molar-refractivity contribution is 7.25. The molecule has 5 heteroatoms. The fourth-order valence-electron chi connectivity index (χ4n) is 6.05. The van der Waals surface area contributed by atoms with E-state index in [1.807, 2.05) is 18.2 Å². The van der Waals surface area contributed by atoms with Crippen LogP contribution in [0.2, 0.25) is 0 Å². The fourth-order valence-corrected chi connectivity index (χ4v) is 7.19. The minimum absolute atomic E-state index is 0.608. The molecule has 196 valence electrons. The van der Waals surface area contributed by atoms with Crippen molar-refractivity contribution in [3.05, 3.63) is 133 Å². The van der Waals surface area contributed by atoms with Gasteiger partial charge in [-0.05, 0) is 41.1 Å². The molecule has 9 rings (SSSR count). The molecule has 6 aromatic carbocycles. The molecule has 0 aliphatic rings. The van der Waals surface area contributed by atoms with Gasteiger partial charge >= 0.3 is 0 Å². The van der Waals surface area contributed by atoms with Crippen molar-refractivity contribution in [2.75, 3.05) is 0 Å². The van der Waals surface area contributed by atoms with E-state index in [1.54, 1.807) is 11.3 Å². The molecule has 0 amide bonds. The van der Waals surface area contributed by atoms with Crippen molar-refractivity contribution >= 4 is 64.1 Å². The first kappa shape index (κ1) is 23.3. The van der Waals surface area contributed by atoms with Gasteiger partial charge in [-0.1, -0.05) is 103 Å². The van der Waals surface area contributed by atoms with Crippen molar-refractivity contribution in [1.82, 2.24) is 19.5 Å². The van der Waals surface area contributed by atoms with E-state index in [0.717, 1.165) is 22.2 Å². The molecule has 0 spiro atoms. The van der Waals surface area contributed by atoms with Crippen molar-refractivity contribution in [2.45, 2.75) is 0 Å². The summed E-state index contributed by atoms with van der Waals surface area (Å²) < 4.78 is 4.69. The summed E-state index contributed by atoms with van der Waals surface area (Å²) in [6.45, 7) is 0. The first-order valence-electron chi connectivity index (χ1n) is 14.0. The van der Waals surface area contributed by atoms with Gasteiger partial charge < -0.3 is 0 Å². The molecule has 42 heavy (non-hydrogen) atoms. The number of hydrogen-bond donors (Lipinski definition) is 0. The third-order valence-electron chi connectivity index (χ3n) is 8.03. The molecule has 3 aromatic heterocycles. The largest absolute Gasteiger partial charge is 0.278 e. The third kappa shape index (κ3) is 3.57. The van der Waals surface area contributed by atoms with Crippen LogP contribution in [0.25, 0.3) is 81.5 Å². The van der Waals surface area contributed by atoms with E-state index >= 15 is 0 Å². The SMILES string of the molecule is c1ccc(-c2nc(-c3ccc4c(c3)sc3ccccc34)nc(-n3c4ccccc4c4cc5ccccc5cc43)n2)cc1. The monoisotopic (exact) mass is 554 g/mol. The maximum Gasteiger partial charge on any atom is 0.238 e. The Kier molecular flexibility index (Phi) is 5.03. The van der Waals surface area contributed by atoms with Gasteiger partial charge in [-0.15, -0.1) is 11.3 Å². The Labute approximate surface area is 245 Å². The van der Waals surface area contributed by atoms with Crippen molar-refractivity contribution in [2.24, 2.45) is 0 Å². The van der Waals surface area contributed by atoms with Crippen LogP contribution in [-0.4, -0.2) is 19.5 Å². The van der Waals surface area contributed by atoms with Crippen molar-refractivity contribution < 1.29 is 0 Å². The molecule has 0 radical (unpaired) electrons. The minimum Gasteiger partial charge on any atom is -0.278 e. The molecule has 0 fully saturated rings. The molecule has 0 atom stereocenters. The van der Waals surface area contributed by atoms with Crippen molar-refractivity contribution in [3.8, 4) is 28.7 Å². The second-order valence-electron chi connectivity index (χ2n) is 10.5. The van der Waals surface area contributed by atoms with Gasteiger partial charge in [0.25, 0.3) is 0 Å². The van der Waals surface area contributed by atoms with Gasteiger partial charge in [0.05, 0.1) is 11.0 Å². The molecule has 9 aromatic rings. The lowest BCUT2D eigenvalue weighted by molar-refractivity contribution is 0.954. The highest BCUT2D eigenvalue weighted by Crippen LogP contribution is 2.37. The summed E-state index contributed by atoms with van der Waals surface area (Å²) >= 11 is 1.80. The lowest BCUT2D eigenvalue weighted by Gasteiger charge is -2.11. The van der Waals surface area contributed by atoms with E-state index in [4.69, 9.17) is 15.0 Å². The van der Waals surface area contributed by atoms with Gasteiger partial charge in [0, 0.05) is 42.1 Å². The summed E-state index contributed by atoms with van der Waals surface area (Å²) in [5.74, 6) is 1.92. The molecule has 0 N–H and O–H groups in total. The molecule has 0 bridgehead atoms. The average Bonchev–Trinajstić information content (AvgIpc) is 3.58. The van der Waals surface area contributed by atoms with E-state index in [0.29, 0.717) is 17.6 Å². The van der Waals surface area contributed by atoms with Gasteiger partial charge in [-0.25, -0.2) is 4.98 Å². The first-order chi connectivity index (χ1) is 20.8. The topological polar surface area (TPSA) is 43.6 Å². The Morgan fingerprint density at radius 2 is 1.10 bits per heavy atom. The second kappa shape index (κ2) is 9.06. The number of rotatable bonds is 3. The minimum atomic E-state index is 0.608. The fraction of sp³-hybridized carbons (Fsp3) is 0. The summed E-state index contributed by atoms with van der Waals surface area (Å²) in [5, 5.41) is 7.29. The summed E-state index contributed by atoms with van der Waals surface area (Å²) in [4.78, 5) is 15.3. The number of thiophene rings is 1. The molecule has 4 nitrogen and oxygen atoms in total. The zero-order chi connectivity index (χ0) is 27.6. The normalized spacial score (nSPS) is 11.8. The predicted molar refractivity (Wildman–Crippen MR) is 175 cm³/mol. The van der Waals surface area contributed by atoms with Crippen LogP contribution in [0, 0.1) is 0 Å². The van der Waals surface area contributed by atoms with Crippen LogP contribution in [0.5, 0.6) is 0 Å². The number of para-hydroxylation sites is 1. The Morgan fingerprint density at radius 3 is 1.95 bits per heavy atom. The maximum absolute atomic E-state index is 5.16. The van der Waals surface area contributed by atoms with Crippen LogP contribution in [0.3, 0.4) is 0 Å². The van der Waals surface area contributed by atoms with Gasteiger partial charge in [-0.3, -0.25) is 4.57 Å². The van der Waals surface area contributed by atoms with Crippen LogP contribution >= 0.6 is 11.3 Å². The highest BCUT2D eigenvalue weighted by atomic mass is 32.1. The molecule has 0 aliphatic carbocycles. The Hall–Kier alpha value is -5.39. The molecule has 3 heterocycles. The van der Waals surface area contributed by atoms with Crippen molar-refractivity contribution in [3.63, 3.8) is 0 Å². The molecule has 0 saturated carbocycles. The lowest BCUT2D eigenvalue weighted by Crippen LogP contribution is -2.06. The van der Waals surface area contributed by atoms with Crippen LogP contribution < -0.4 is 0 Å². The maximum atomic E-state index is 5.16.